The van der Waals surface area contributed by atoms with Crippen molar-refractivity contribution in [2.75, 3.05) is 5.73 Å². The van der Waals surface area contributed by atoms with E-state index < -0.39 is 0 Å². The predicted molar refractivity (Wildman–Crippen MR) is 64.5 cm³/mol. The third kappa shape index (κ3) is 1.15. The summed E-state index contributed by atoms with van der Waals surface area (Å²) in [5, 5.41) is 11.5. The highest BCUT2D eigenvalue weighted by atomic mass is 16.3. The van der Waals surface area contributed by atoms with Crippen LogP contribution in [0.1, 0.15) is 5.56 Å². The molecule has 0 unspecified atom stereocenters. The highest BCUT2D eigenvalue weighted by Crippen LogP contribution is 2.34. The highest BCUT2D eigenvalue weighted by molar-refractivity contribution is 6.06. The van der Waals surface area contributed by atoms with Crippen LogP contribution in [0.25, 0.3) is 21.9 Å². The van der Waals surface area contributed by atoms with E-state index in [4.69, 9.17) is 10.2 Å². The molecule has 2 aromatic carbocycles. The molecule has 16 heavy (non-hydrogen) atoms. The second-order valence-electron chi connectivity index (χ2n) is 4.01. The maximum atomic E-state index is 9.60. The van der Waals surface area contributed by atoms with Crippen LogP contribution in [-0.4, -0.2) is 5.11 Å². The van der Waals surface area contributed by atoms with Crippen molar-refractivity contribution < 1.29 is 9.52 Å². The molecule has 0 radical (unpaired) electrons. The van der Waals surface area contributed by atoms with Crippen molar-refractivity contribution in [3.8, 4) is 5.75 Å². The summed E-state index contributed by atoms with van der Waals surface area (Å²) in [6.07, 6.45) is 0. The summed E-state index contributed by atoms with van der Waals surface area (Å²) in [5.41, 5.74) is 8.64. The van der Waals surface area contributed by atoms with Gasteiger partial charge in [0.05, 0.1) is 5.69 Å². The van der Waals surface area contributed by atoms with Crippen LogP contribution in [0.3, 0.4) is 0 Å². The average molecular weight is 213 g/mol. The Morgan fingerprint density at radius 3 is 2.62 bits per heavy atom. The lowest BCUT2D eigenvalue weighted by Crippen LogP contribution is -1.83. The lowest BCUT2D eigenvalue weighted by molar-refractivity contribution is 0.478. The van der Waals surface area contributed by atoms with Gasteiger partial charge in [-0.05, 0) is 25.1 Å². The molecular formula is C13H11NO2. The van der Waals surface area contributed by atoms with Gasteiger partial charge in [-0.15, -0.1) is 0 Å². The van der Waals surface area contributed by atoms with E-state index in [0.717, 1.165) is 21.9 Å². The number of furan rings is 1. The van der Waals surface area contributed by atoms with Gasteiger partial charge in [0.15, 0.2) is 0 Å². The Morgan fingerprint density at radius 1 is 1.06 bits per heavy atom. The van der Waals surface area contributed by atoms with Crippen LogP contribution in [0.2, 0.25) is 0 Å². The van der Waals surface area contributed by atoms with Gasteiger partial charge in [0, 0.05) is 16.8 Å². The lowest BCUT2D eigenvalue weighted by Gasteiger charge is -1.97. The fraction of sp³-hybridized carbons (Fsp3) is 0.0769. The van der Waals surface area contributed by atoms with Gasteiger partial charge in [-0.2, -0.15) is 0 Å². The Labute approximate surface area is 92.1 Å². The van der Waals surface area contributed by atoms with Gasteiger partial charge < -0.3 is 15.3 Å². The second kappa shape index (κ2) is 2.92. The van der Waals surface area contributed by atoms with Gasteiger partial charge in [0.2, 0.25) is 0 Å². The molecule has 3 aromatic rings. The molecule has 3 N–H and O–H groups in total. The standard InChI is InChI=1S/C13H11NO2/c1-7-2-3-12-8(4-7)9-5-11(15)10(14)6-13(9)16-12/h2-6,15H,14H2,1H3. The Morgan fingerprint density at radius 2 is 1.81 bits per heavy atom. The summed E-state index contributed by atoms with van der Waals surface area (Å²) in [7, 11) is 0. The van der Waals surface area contributed by atoms with Crippen molar-refractivity contribution in [3.05, 3.63) is 35.9 Å². The van der Waals surface area contributed by atoms with Gasteiger partial charge in [-0.25, -0.2) is 0 Å². The molecule has 0 amide bonds. The zero-order valence-corrected chi connectivity index (χ0v) is 8.82. The molecule has 0 bridgehead atoms. The fourth-order valence-corrected chi connectivity index (χ4v) is 1.94. The number of nitrogens with two attached hydrogens (primary N) is 1. The van der Waals surface area contributed by atoms with Crippen molar-refractivity contribution in [3.63, 3.8) is 0 Å². The van der Waals surface area contributed by atoms with E-state index >= 15 is 0 Å². The van der Waals surface area contributed by atoms with E-state index in [9.17, 15) is 5.11 Å². The van der Waals surface area contributed by atoms with E-state index in [1.165, 1.54) is 0 Å². The first-order valence-electron chi connectivity index (χ1n) is 5.06. The van der Waals surface area contributed by atoms with E-state index in [1.54, 1.807) is 12.1 Å². The number of anilines is 1. The second-order valence-corrected chi connectivity index (χ2v) is 4.01. The predicted octanol–water partition coefficient (Wildman–Crippen LogP) is 3.18. The molecule has 3 heteroatoms. The van der Waals surface area contributed by atoms with Crippen LogP contribution in [0.15, 0.2) is 34.7 Å². The topological polar surface area (TPSA) is 59.4 Å². The molecule has 0 spiro atoms. The Bertz CT molecular complexity index is 698. The Kier molecular flexibility index (Phi) is 1.66. The first kappa shape index (κ1) is 9.09. The summed E-state index contributed by atoms with van der Waals surface area (Å²) >= 11 is 0. The molecule has 3 rings (SSSR count). The largest absolute Gasteiger partial charge is 0.506 e. The Hall–Kier alpha value is -2.16. The lowest BCUT2D eigenvalue weighted by atomic mass is 10.1. The summed E-state index contributed by atoms with van der Waals surface area (Å²) in [6, 6.07) is 9.26. The minimum Gasteiger partial charge on any atom is -0.506 e. The summed E-state index contributed by atoms with van der Waals surface area (Å²) in [5.74, 6) is 0.0942. The van der Waals surface area contributed by atoms with E-state index in [-0.39, 0.29) is 5.75 Å². The number of rotatable bonds is 0. The quantitative estimate of drug-likeness (QED) is 0.445. The van der Waals surface area contributed by atoms with E-state index in [2.05, 4.69) is 0 Å². The number of hydrogen-bond donors (Lipinski definition) is 2. The zero-order chi connectivity index (χ0) is 11.3. The normalized spacial score (nSPS) is 11.3. The number of phenolic OH excluding ortho intramolecular Hbond substituents is 1. The number of aryl methyl sites for hydroxylation is 1. The van der Waals surface area contributed by atoms with Gasteiger partial charge >= 0.3 is 0 Å². The summed E-state index contributed by atoms with van der Waals surface area (Å²) in [4.78, 5) is 0. The molecule has 3 nitrogen and oxygen atoms in total. The molecule has 0 aliphatic carbocycles. The summed E-state index contributed by atoms with van der Waals surface area (Å²) < 4.78 is 5.65. The number of phenols is 1. The molecule has 0 atom stereocenters. The van der Waals surface area contributed by atoms with Crippen molar-refractivity contribution in [2.45, 2.75) is 6.92 Å². The van der Waals surface area contributed by atoms with Crippen molar-refractivity contribution in [2.24, 2.45) is 0 Å². The minimum absolute atomic E-state index is 0.0942. The maximum Gasteiger partial charge on any atom is 0.139 e. The van der Waals surface area contributed by atoms with Crippen LogP contribution in [0.4, 0.5) is 5.69 Å². The molecule has 0 fully saturated rings. The fourth-order valence-electron chi connectivity index (χ4n) is 1.94. The Balaban J connectivity index is 2.53. The highest BCUT2D eigenvalue weighted by Gasteiger charge is 2.09. The van der Waals surface area contributed by atoms with Crippen LogP contribution in [0.5, 0.6) is 5.75 Å². The molecule has 0 aliphatic rings. The molecule has 0 saturated heterocycles. The maximum absolute atomic E-state index is 9.60. The van der Waals surface area contributed by atoms with E-state index in [1.807, 2.05) is 25.1 Å². The van der Waals surface area contributed by atoms with Crippen molar-refractivity contribution >= 4 is 27.6 Å². The summed E-state index contributed by atoms with van der Waals surface area (Å²) in [6.45, 7) is 2.02. The number of nitrogen functional groups attached to an aromatic ring is 1. The van der Waals surface area contributed by atoms with Crippen molar-refractivity contribution in [1.29, 1.82) is 0 Å². The van der Waals surface area contributed by atoms with E-state index in [0.29, 0.717) is 11.3 Å². The molecule has 1 heterocycles. The number of hydrogen-bond acceptors (Lipinski definition) is 3. The first-order chi connectivity index (χ1) is 7.65. The SMILES string of the molecule is Cc1ccc2oc3cc(N)c(O)cc3c2c1. The first-order valence-corrected chi connectivity index (χ1v) is 5.06. The monoisotopic (exact) mass is 213 g/mol. The van der Waals surface area contributed by atoms with Crippen LogP contribution in [-0.2, 0) is 0 Å². The molecule has 80 valence electrons. The smallest absolute Gasteiger partial charge is 0.139 e. The zero-order valence-electron chi connectivity index (χ0n) is 8.82. The van der Waals surface area contributed by atoms with Crippen molar-refractivity contribution in [1.82, 2.24) is 0 Å². The molecule has 0 aliphatic heterocycles. The van der Waals surface area contributed by atoms with Crippen LogP contribution in [0, 0.1) is 6.92 Å². The molecule has 1 aromatic heterocycles. The molecular weight excluding hydrogens is 202 g/mol. The van der Waals surface area contributed by atoms with Crippen LogP contribution >= 0.6 is 0 Å². The number of aromatic hydroxyl groups is 1. The average Bonchev–Trinajstić information content (AvgIpc) is 2.57. The van der Waals surface area contributed by atoms with Gasteiger partial charge in [0.1, 0.15) is 16.9 Å². The number of fused-ring (bicyclic) bond motifs is 3. The van der Waals surface area contributed by atoms with Gasteiger partial charge in [-0.1, -0.05) is 11.6 Å². The minimum atomic E-state index is 0.0942. The molecule has 0 saturated carbocycles. The van der Waals surface area contributed by atoms with Gasteiger partial charge in [0.25, 0.3) is 0 Å². The van der Waals surface area contributed by atoms with Crippen LogP contribution < -0.4 is 5.73 Å². The third-order valence-corrected chi connectivity index (χ3v) is 2.77. The number of benzene rings is 2. The van der Waals surface area contributed by atoms with Gasteiger partial charge in [-0.3, -0.25) is 0 Å². The third-order valence-electron chi connectivity index (χ3n) is 2.77.